The lowest BCUT2D eigenvalue weighted by atomic mass is 9.89. The summed E-state index contributed by atoms with van der Waals surface area (Å²) in [6, 6.07) is 14.3. The number of nitrogens with zero attached hydrogens (tertiary/aromatic N) is 4. The molecule has 4 rings (SSSR count). The highest BCUT2D eigenvalue weighted by atomic mass is 16.2. The quantitative estimate of drug-likeness (QED) is 0.718. The maximum absolute atomic E-state index is 12.2. The summed E-state index contributed by atoms with van der Waals surface area (Å²) in [5.41, 5.74) is 4.27. The molecular weight excluding hydrogens is 362 g/mol. The molecule has 6 heteroatoms. The molecule has 0 bridgehead atoms. The molecule has 6 nitrogen and oxygen atoms in total. The zero-order valence-corrected chi connectivity index (χ0v) is 17.0. The highest BCUT2D eigenvalue weighted by molar-refractivity contribution is 5.93. The molecule has 0 unspecified atom stereocenters. The molecule has 0 spiro atoms. The molecular formula is C23H27N5O. The second kappa shape index (κ2) is 8.47. The van der Waals surface area contributed by atoms with Crippen LogP contribution in [0.25, 0.3) is 11.1 Å². The van der Waals surface area contributed by atoms with Crippen LogP contribution >= 0.6 is 0 Å². The summed E-state index contributed by atoms with van der Waals surface area (Å²) in [5, 5.41) is 7.55. The predicted molar refractivity (Wildman–Crippen MR) is 115 cm³/mol. The Morgan fingerprint density at radius 3 is 2.55 bits per heavy atom. The van der Waals surface area contributed by atoms with Gasteiger partial charge in [-0.25, -0.2) is 4.98 Å². The zero-order chi connectivity index (χ0) is 20.2. The van der Waals surface area contributed by atoms with Crippen LogP contribution in [0.15, 0.2) is 54.9 Å². The summed E-state index contributed by atoms with van der Waals surface area (Å²) in [7, 11) is 1.81. The molecule has 1 aliphatic heterocycles. The molecule has 3 heterocycles. The zero-order valence-electron chi connectivity index (χ0n) is 17.0. The van der Waals surface area contributed by atoms with E-state index in [-0.39, 0.29) is 5.91 Å². The first-order chi connectivity index (χ1) is 14.2. The van der Waals surface area contributed by atoms with Gasteiger partial charge in [0, 0.05) is 50.1 Å². The minimum atomic E-state index is 0.0120. The number of nitrogens with one attached hydrogen (secondary N) is 1. The smallest absolute Gasteiger partial charge is 0.255 e. The Bertz CT molecular complexity index is 943. The number of benzene rings is 1. The van der Waals surface area contributed by atoms with Crippen LogP contribution in [0.2, 0.25) is 0 Å². The molecule has 1 saturated heterocycles. The number of amides is 1. The van der Waals surface area contributed by atoms with E-state index in [1.807, 2.05) is 31.3 Å². The lowest BCUT2D eigenvalue weighted by Gasteiger charge is -2.32. The second-order valence-electron chi connectivity index (χ2n) is 7.55. The molecule has 1 N–H and O–H groups in total. The van der Waals surface area contributed by atoms with Crippen molar-refractivity contribution in [1.82, 2.24) is 20.1 Å². The SMILES string of the molecule is CCN(C)C(=O)c1ccc(N2CCC(c3[nH]ncc3-c3ccccc3)CC2)nc1. The van der Waals surface area contributed by atoms with E-state index in [9.17, 15) is 4.79 Å². The number of carbonyl (C=O) groups is 1. The Hall–Kier alpha value is -3.15. The van der Waals surface area contributed by atoms with Crippen molar-refractivity contribution in [1.29, 1.82) is 0 Å². The number of aromatic amines is 1. The third-order valence-corrected chi connectivity index (χ3v) is 5.80. The van der Waals surface area contributed by atoms with E-state index >= 15 is 0 Å². The van der Waals surface area contributed by atoms with Gasteiger partial charge in [0.1, 0.15) is 5.82 Å². The van der Waals surface area contributed by atoms with Crippen molar-refractivity contribution in [3.05, 3.63) is 66.1 Å². The molecule has 0 aliphatic carbocycles. The van der Waals surface area contributed by atoms with E-state index in [4.69, 9.17) is 0 Å². The van der Waals surface area contributed by atoms with Gasteiger partial charge < -0.3 is 9.80 Å². The van der Waals surface area contributed by atoms with Crippen LogP contribution in [0.3, 0.4) is 0 Å². The number of anilines is 1. The van der Waals surface area contributed by atoms with Crippen LogP contribution in [-0.4, -0.2) is 52.7 Å². The fraction of sp³-hybridized carbons (Fsp3) is 0.348. The van der Waals surface area contributed by atoms with Gasteiger partial charge in [-0.1, -0.05) is 30.3 Å². The largest absolute Gasteiger partial charge is 0.357 e. The van der Waals surface area contributed by atoms with Gasteiger partial charge in [0.2, 0.25) is 0 Å². The number of piperidine rings is 1. The molecule has 29 heavy (non-hydrogen) atoms. The Balaban J connectivity index is 1.42. The van der Waals surface area contributed by atoms with Crippen LogP contribution in [-0.2, 0) is 0 Å². The van der Waals surface area contributed by atoms with Crippen LogP contribution in [0, 0.1) is 0 Å². The van der Waals surface area contributed by atoms with Gasteiger partial charge >= 0.3 is 0 Å². The van der Waals surface area contributed by atoms with Gasteiger partial charge in [-0.05, 0) is 37.5 Å². The highest BCUT2D eigenvalue weighted by Crippen LogP contribution is 2.34. The summed E-state index contributed by atoms with van der Waals surface area (Å²) in [6.07, 6.45) is 5.71. The van der Waals surface area contributed by atoms with Crippen molar-refractivity contribution >= 4 is 11.7 Å². The number of pyridine rings is 1. The molecule has 150 valence electrons. The molecule has 1 aliphatic rings. The van der Waals surface area contributed by atoms with Gasteiger partial charge in [0.25, 0.3) is 5.91 Å². The third-order valence-electron chi connectivity index (χ3n) is 5.80. The lowest BCUT2D eigenvalue weighted by Crippen LogP contribution is -2.34. The van der Waals surface area contributed by atoms with E-state index in [1.54, 1.807) is 18.1 Å². The number of hydrogen-bond acceptors (Lipinski definition) is 4. The summed E-state index contributed by atoms with van der Waals surface area (Å²) >= 11 is 0. The minimum absolute atomic E-state index is 0.0120. The Kier molecular flexibility index (Phi) is 5.60. The van der Waals surface area contributed by atoms with E-state index in [0.29, 0.717) is 18.0 Å². The van der Waals surface area contributed by atoms with Crippen molar-refractivity contribution < 1.29 is 4.79 Å². The molecule has 0 radical (unpaired) electrons. The van der Waals surface area contributed by atoms with E-state index in [0.717, 1.165) is 31.7 Å². The third kappa shape index (κ3) is 4.01. The number of hydrogen-bond donors (Lipinski definition) is 1. The Labute approximate surface area is 171 Å². The highest BCUT2D eigenvalue weighted by Gasteiger charge is 2.25. The standard InChI is InChI=1S/C23H27N5O/c1-3-27(2)23(29)19-9-10-21(24-15-19)28-13-11-18(12-14-28)22-20(16-25-26-22)17-7-5-4-6-8-17/h4-10,15-16,18H,3,11-14H2,1-2H3,(H,25,26). The van der Waals surface area contributed by atoms with Crippen LogP contribution in [0.1, 0.15) is 41.7 Å². The lowest BCUT2D eigenvalue weighted by molar-refractivity contribution is 0.0802. The summed E-state index contributed by atoms with van der Waals surface area (Å²) in [4.78, 5) is 20.8. The number of carbonyl (C=O) groups excluding carboxylic acids is 1. The van der Waals surface area contributed by atoms with Crippen molar-refractivity contribution in [3.8, 4) is 11.1 Å². The molecule has 0 atom stereocenters. The topological polar surface area (TPSA) is 65.1 Å². The average molecular weight is 390 g/mol. The van der Waals surface area contributed by atoms with E-state index in [2.05, 4.69) is 44.3 Å². The first-order valence-corrected chi connectivity index (χ1v) is 10.2. The molecule has 0 saturated carbocycles. The summed E-state index contributed by atoms with van der Waals surface area (Å²) < 4.78 is 0. The molecule has 2 aromatic heterocycles. The van der Waals surface area contributed by atoms with E-state index < -0.39 is 0 Å². The van der Waals surface area contributed by atoms with Gasteiger partial charge in [0.15, 0.2) is 0 Å². The van der Waals surface area contributed by atoms with Crippen LogP contribution in [0.4, 0.5) is 5.82 Å². The molecule has 1 fully saturated rings. The Morgan fingerprint density at radius 1 is 1.14 bits per heavy atom. The maximum atomic E-state index is 12.2. The number of H-pyrrole nitrogens is 1. The fourth-order valence-electron chi connectivity index (χ4n) is 3.92. The van der Waals surface area contributed by atoms with Crippen LogP contribution in [0.5, 0.6) is 0 Å². The van der Waals surface area contributed by atoms with Gasteiger partial charge in [0.05, 0.1) is 11.8 Å². The summed E-state index contributed by atoms with van der Waals surface area (Å²) in [6.45, 7) is 4.53. The summed E-state index contributed by atoms with van der Waals surface area (Å²) in [5.74, 6) is 1.41. The van der Waals surface area contributed by atoms with Crippen molar-refractivity contribution in [2.75, 3.05) is 31.6 Å². The Morgan fingerprint density at radius 2 is 1.90 bits per heavy atom. The monoisotopic (exact) mass is 389 g/mol. The van der Waals surface area contributed by atoms with Crippen LogP contribution < -0.4 is 4.90 Å². The second-order valence-corrected chi connectivity index (χ2v) is 7.55. The normalized spacial score (nSPS) is 14.8. The maximum Gasteiger partial charge on any atom is 0.255 e. The number of aromatic nitrogens is 3. The molecule has 1 amide bonds. The van der Waals surface area contributed by atoms with Crippen molar-refractivity contribution in [2.45, 2.75) is 25.7 Å². The van der Waals surface area contributed by atoms with Crippen molar-refractivity contribution in [3.63, 3.8) is 0 Å². The molecule has 3 aromatic rings. The fourth-order valence-corrected chi connectivity index (χ4v) is 3.92. The van der Waals surface area contributed by atoms with Gasteiger partial charge in [-0.2, -0.15) is 5.10 Å². The van der Waals surface area contributed by atoms with E-state index in [1.165, 1.54) is 16.8 Å². The molecule has 1 aromatic carbocycles. The minimum Gasteiger partial charge on any atom is -0.357 e. The first kappa shape index (κ1) is 19.2. The average Bonchev–Trinajstić information content (AvgIpc) is 3.29. The number of rotatable bonds is 5. The predicted octanol–water partition coefficient (Wildman–Crippen LogP) is 3.95. The van der Waals surface area contributed by atoms with Crippen molar-refractivity contribution in [2.24, 2.45) is 0 Å². The van der Waals surface area contributed by atoms with Gasteiger partial charge in [-0.15, -0.1) is 0 Å². The van der Waals surface area contributed by atoms with Gasteiger partial charge in [-0.3, -0.25) is 9.89 Å². The first-order valence-electron chi connectivity index (χ1n) is 10.2.